The maximum absolute atomic E-state index is 13.0. The normalized spacial score (nSPS) is 11.9. The first-order valence-corrected chi connectivity index (χ1v) is 13.1. The summed E-state index contributed by atoms with van der Waals surface area (Å²) in [6, 6.07) is 20.3. The second-order valence-electron chi connectivity index (χ2n) is 7.42. The highest BCUT2D eigenvalue weighted by Gasteiger charge is 2.27. The zero-order valence-corrected chi connectivity index (χ0v) is 21.3. The molecule has 2 N–H and O–H groups in total. The molecule has 1 unspecified atom stereocenters. The molecule has 0 aliphatic heterocycles. The van der Waals surface area contributed by atoms with Crippen LogP contribution in [0.25, 0.3) is 0 Å². The minimum absolute atomic E-state index is 0.0153. The number of halogens is 1. The average molecular weight is 561 g/mol. The van der Waals surface area contributed by atoms with E-state index < -0.39 is 22.0 Å². The third-order valence-corrected chi connectivity index (χ3v) is 6.79. The van der Waals surface area contributed by atoms with Gasteiger partial charge >= 0.3 is 5.97 Å². The zero-order chi connectivity index (χ0) is 25.3. The van der Waals surface area contributed by atoms with Gasteiger partial charge in [0.1, 0.15) is 18.4 Å². The Kier molecular flexibility index (Phi) is 9.41. The van der Waals surface area contributed by atoms with Crippen molar-refractivity contribution in [1.82, 2.24) is 4.72 Å². The molecule has 3 aromatic carbocycles. The number of benzene rings is 3. The summed E-state index contributed by atoms with van der Waals surface area (Å²) in [7, 11) is -4.01. The van der Waals surface area contributed by atoms with Gasteiger partial charge in [-0.1, -0.05) is 46.3 Å². The molecular weight excluding hydrogens is 536 g/mol. The van der Waals surface area contributed by atoms with Crippen LogP contribution in [-0.4, -0.2) is 39.5 Å². The number of nitrogens with one attached hydrogen (secondary N) is 2. The number of carbonyl (C=O) groups excluding carboxylic acids is 2. The van der Waals surface area contributed by atoms with Crippen LogP contribution in [-0.2, 0) is 30.8 Å². The third kappa shape index (κ3) is 8.20. The van der Waals surface area contributed by atoms with Gasteiger partial charge in [-0.2, -0.15) is 4.72 Å². The summed E-state index contributed by atoms with van der Waals surface area (Å²) in [5.41, 5.74) is 1.16. The minimum atomic E-state index is -4.01. The Labute approximate surface area is 212 Å². The van der Waals surface area contributed by atoms with Crippen LogP contribution in [0.4, 0.5) is 5.69 Å². The molecule has 0 radical (unpaired) electrons. The molecule has 10 heteroatoms. The number of amides is 1. The van der Waals surface area contributed by atoms with Crippen molar-refractivity contribution in [3.8, 4) is 5.75 Å². The molecule has 0 aromatic heterocycles. The fourth-order valence-corrected chi connectivity index (χ4v) is 4.49. The molecule has 1 atom stereocenters. The summed E-state index contributed by atoms with van der Waals surface area (Å²) in [6.45, 7) is 1.81. The highest BCUT2D eigenvalue weighted by atomic mass is 79.9. The van der Waals surface area contributed by atoms with E-state index in [9.17, 15) is 18.0 Å². The molecule has 0 bridgehead atoms. The highest BCUT2D eigenvalue weighted by molar-refractivity contribution is 9.10. The number of esters is 1. The maximum atomic E-state index is 13.0. The maximum Gasteiger partial charge on any atom is 0.310 e. The third-order valence-electron chi connectivity index (χ3n) is 4.77. The molecule has 1 amide bonds. The van der Waals surface area contributed by atoms with Gasteiger partial charge in [0.25, 0.3) is 0 Å². The van der Waals surface area contributed by atoms with Crippen molar-refractivity contribution in [1.29, 1.82) is 0 Å². The van der Waals surface area contributed by atoms with Crippen LogP contribution in [0.15, 0.2) is 88.2 Å². The van der Waals surface area contributed by atoms with Gasteiger partial charge in [0, 0.05) is 10.2 Å². The molecule has 0 saturated carbocycles. The molecule has 0 aliphatic rings. The summed E-state index contributed by atoms with van der Waals surface area (Å²) >= 11 is 3.27. The number of rotatable bonds is 11. The Morgan fingerprint density at radius 1 is 0.943 bits per heavy atom. The van der Waals surface area contributed by atoms with Crippen LogP contribution in [0.2, 0.25) is 0 Å². The monoisotopic (exact) mass is 560 g/mol. The van der Waals surface area contributed by atoms with Gasteiger partial charge in [0.15, 0.2) is 0 Å². The number of hydrogen-bond acceptors (Lipinski definition) is 6. The first-order chi connectivity index (χ1) is 16.8. The molecule has 8 nitrogen and oxygen atoms in total. The Bertz CT molecular complexity index is 1230. The van der Waals surface area contributed by atoms with E-state index in [-0.39, 0.29) is 23.9 Å². The van der Waals surface area contributed by atoms with E-state index in [4.69, 9.17) is 9.47 Å². The van der Waals surface area contributed by atoms with E-state index in [1.807, 2.05) is 6.07 Å². The second-order valence-corrected chi connectivity index (χ2v) is 10.0. The number of carbonyl (C=O) groups is 2. The van der Waals surface area contributed by atoms with Crippen molar-refractivity contribution in [2.24, 2.45) is 0 Å². The number of hydrogen-bond donors (Lipinski definition) is 2. The summed E-state index contributed by atoms with van der Waals surface area (Å²) in [5.74, 6) is -0.444. The molecule has 0 heterocycles. The van der Waals surface area contributed by atoms with Crippen molar-refractivity contribution < 1.29 is 27.5 Å². The summed E-state index contributed by atoms with van der Waals surface area (Å²) in [6.07, 6.45) is 0.114. The largest absolute Gasteiger partial charge is 0.491 e. The Morgan fingerprint density at radius 3 is 2.23 bits per heavy atom. The summed E-state index contributed by atoms with van der Waals surface area (Å²) < 4.78 is 39.6. The molecule has 0 spiro atoms. The van der Waals surface area contributed by atoms with Gasteiger partial charge in [0.05, 0.1) is 17.9 Å². The van der Waals surface area contributed by atoms with Crippen molar-refractivity contribution in [2.45, 2.75) is 24.3 Å². The van der Waals surface area contributed by atoms with Crippen LogP contribution in [0, 0.1) is 0 Å². The number of anilines is 1. The fraction of sp³-hybridized carbons (Fsp3) is 0.200. The molecule has 0 fully saturated rings. The summed E-state index contributed by atoms with van der Waals surface area (Å²) in [4.78, 5) is 24.7. The molecule has 3 rings (SSSR count). The number of ether oxygens (including phenoxy) is 2. The number of sulfonamides is 1. The van der Waals surface area contributed by atoms with Gasteiger partial charge < -0.3 is 14.8 Å². The van der Waals surface area contributed by atoms with Crippen LogP contribution >= 0.6 is 15.9 Å². The molecule has 0 saturated heterocycles. The SMILES string of the molecule is CCOC(=O)Cc1ccc(NC(=O)C(COc2ccccc2)NS(=O)(=O)c2ccc(Br)cc2)cc1. The molecule has 35 heavy (non-hydrogen) atoms. The molecule has 3 aromatic rings. The average Bonchev–Trinajstić information content (AvgIpc) is 2.84. The Morgan fingerprint density at radius 2 is 1.60 bits per heavy atom. The summed E-state index contributed by atoms with van der Waals surface area (Å²) in [5, 5.41) is 2.70. The predicted octanol–water partition coefficient (Wildman–Crippen LogP) is 3.92. The minimum Gasteiger partial charge on any atom is -0.491 e. The first kappa shape index (κ1) is 26.4. The molecular formula is C25H25BrN2O6S. The Balaban J connectivity index is 1.74. The van der Waals surface area contributed by atoms with Gasteiger partial charge in [-0.3, -0.25) is 9.59 Å². The lowest BCUT2D eigenvalue weighted by Gasteiger charge is -2.19. The lowest BCUT2D eigenvalue weighted by atomic mass is 10.1. The fourth-order valence-electron chi connectivity index (χ4n) is 3.04. The van der Waals surface area contributed by atoms with Crippen molar-refractivity contribution in [3.63, 3.8) is 0 Å². The van der Waals surface area contributed by atoms with Crippen LogP contribution in [0.1, 0.15) is 12.5 Å². The van der Waals surface area contributed by atoms with Crippen LogP contribution in [0.3, 0.4) is 0 Å². The quantitative estimate of drug-likeness (QED) is 0.344. The van der Waals surface area contributed by atoms with Crippen LogP contribution < -0.4 is 14.8 Å². The lowest BCUT2D eigenvalue weighted by molar-refractivity contribution is -0.142. The second kappa shape index (κ2) is 12.5. The Hall–Kier alpha value is -3.21. The standard InChI is InChI=1S/C25H25BrN2O6S/c1-2-33-24(29)16-18-8-12-20(13-9-18)27-25(30)23(17-34-21-6-4-3-5-7-21)28-35(31,32)22-14-10-19(26)11-15-22/h3-15,23,28H,2,16-17H2,1H3,(H,27,30). The van der Waals surface area contributed by atoms with Gasteiger partial charge in [0.2, 0.25) is 15.9 Å². The molecule has 0 aliphatic carbocycles. The van der Waals surface area contributed by atoms with E-state index in [2.05, 4.69) is 26.0 Å². The lowest BCUT2D eigenvalue weighted by Crippen LogP contribution is -2.47. The topological polar surface area (TPSA) is 111 Å². The van der Waals surface area contributed by atoms with E-state index in [1.54, 1.807) is 67.6 Å². The van der Waals surface area contributed by atoms with E-state index in [0.29, 0.717) is 18.0 Å². The van der Waals surface area contributed by atoms with Gasteiger partial charge in [-0.15, -0.1) is 0 Å². The van der Waals surface area contributed by atoms with E-state index in [0.717, 1.165) is 10.0 Å². The van der Waals surface area contributed by atoms with Crippen molar-refractivity contribution in [3.05, 3.63) is 88.9 Å². The molecule has 184 valence electrons. The first-order valence-electron chi connectivity index (χ1n) is 10.8. The van der Waals surface area contributed by atoms with Crippen molar-refractivity contribution >= 4 is 43.5 Å². The smallest absolute Gasteiger partial charge is 0.310 e. The van der Waals surface area contributed by atoms with E-state index >= 15 is 0 Å². The van der Waals surface area contributed by atoms with Crippen molar-refractivity contribution in [2.75, 3.05) is 18.5 Å². The zero-order valence-electron chi connectivity index (χ0n) is 18.9. The van der Waals surface area contributed by atoms with E-state index in [1.165, 1.54) is 12.1 Å². The highest BCUT2D eigenvalue weighted by Crippen LogP contribution is 2.17. The van der Waals surface area contributed by atoms with Gasteiger partial charge in [-0.25, -0.2) is 8.42 Å². The van der Waals surface area contributed by atoms with Crippen LogP contribution in [0.5, 0.6) is 5.75 Å². The number of para-hydroxylation sites is 1. The predicted molar refractivity (Wildman–Crippen MR) is 136 cm³/mol. The van der Waals surface area contributed by atoms with Gasteiger partial charge in [-0.05, 0) is 61.0 Å².